The second-order valence-electron chi connectivity index (χ2n) is 4.47. The van der Waals surface area contributed by atoms with Gasteiger partial charge in [-0.05, 0) is 6.07 Å². The minimum Gasteiger partial charge on any atom is -0.351 e. The van der Waals surface area contributed by atoms with Crippen LogP contribution in [0.5, 0.6) is 0 Å². The van der Waals surface area contributed by atoms with Gasteiger partial charge in [0.15, 0.2) is 5.16 Å². The van der Waals surface area contributed by atoms with E-state index in [1.54, 1.807) is 24.3 Å². The third kappa shape index (κ3) is 3.01. The van der Waals surface area contributed by atoms with Crippen LogP contribution in [0.25, 0.3) is 10.8 Å². The van der Waals surface area contributed by atoms with Crippen molar-refractivity contribution < 1.29 is 4.79 Å². The van der Waals surface area contributed by atoms with Crippen molar-refractivity contribution in [1.29, 1.82) is 0 Å². The van der Waals surface area contributed by atoms with E-state index >= 15 is 0 Å². The number of nitrogens with one attached hydrogen (secondary N) is 3. The molecule has 7 nitrogen and oxygen atoms in total. The van der Waals surface area contributed by atoms with Crippen LogP contribution < -0.4 is 10.9 Å². The van der Waals surface area contributed by atoms with Crippen molar-refractivity contribution in [2.45, 2.75) is 5.16 Å². The van der Waals surface area contributed by atoms with Crippen LogP contribution in [0.15, 0.2) is 46.7 Å². The molecule has 0 spiro atoms. The van der Waals surface area contributed by atoms with Gasteiger partial charge in [-0.2, -0.15) is 5.10 Å². The maximum absolute atomic E-state index is 12.3. The third-order valence-electron chi connectivity index (χ3n) is 3.07. The molecule has 3 N–H and O–H groups in total. The third-order valence-corrected chi connectivity index (χ3v) is 3.95. The molecular weight excluding hydrogens is 302 g/mol. The number of thioether (sulfide) groups is 1. The van der Waals surface area contributed by atoms with Gasteiger partial charge in [0.2, 0.25) is 0 Å². The monoisotopic (exact) mass is 315 g/mol. The smallest absolute Gasteiger partial charge is 0.255 e. The summed E-state index contributed by atoms with van der Waals surface area (Å²) in [5.41, 5.74) is 0.257. The molecule has 0 saturated carbocycles. The molecular formula is C14H13N5O2S. The zero-order valence-corrected chi connectivity index (χ0v) is 12.3. The highest BCUT2D eigenvalue weighted by atomic mass is 32.2. The molecule has 0 aliphatic carbocycles. The van der Waals surface area contributed by atoms with Crippen LogP contribution in [-0.4, -0.2) is 38.4 Å². The fraction of sp³-hybridized carbons (Fsp3) is 0.143. The predicted octanol–water partition coefficient (Wildman–Crippen LogP) is 1.17. The SMILES string of the molecule is O=C(NCCSc1ncn[nH]1)c1c[nH]c(=O)c2ccccc12. The Morgan fingerprint density at radius 1 is 1.27 bits per heavy atom. The number of aromatic nitrogens is 4. The normalized spacial score (nSPS) is 10.7. The Bertz CT molecular complexity index is 844. The number of nitrogens with zero attached hydrogens (tertiary/aromatic N) is 2. The summed E-state index contributed by atoms with van der Waals surface area (Å²) < 4.78 is 0. The summed E-state index contributed by atoms with van der Waals surface area (Å²) in [5.74, 6) is 0.452. The Morgan fingerprint density at radius 3 is 2.86 bits per heavy atom. The van der Waals surface area contributed by atoms with Gasteiger partial charge in [0.25, 0.3) is 11.5 Å². The Kier molecular flexibility index (Phi) is 4.19. The molecule has 22 heavy (non-hydrogen) atoms. The number of aromatic amines is 2. The van der Waals surface area contributed by atoms with Gasteiger partial charge in [0, 0.05) is 29.3 Å². The van der Waals surface area contributed by atoms with E-state index in [-0.39, 0.29) is 11.5 Å². The van der Waals surface area contributed by atoms with Gasteiger partial charge in [0.05, 0.1) is 5.56 Å². The summed E-state index contributed by atoms with van der Waals surface area (Å²) in [6.07, 6.45) is 2.89. The summed E-state index contributed by atoms with van der Waals surface area (Å²) in [4.78, 5) is 30.6. The zero-order valence-electron chi connectivity index (χ0n) is 11.5. The first-order chi connectivity index (χ1) is 10.8. The summed E-state index contributed by atoms with van der Waals surface area (Å²) in [7, 11) is 0. The molecule has 0 atom stereocenters. The van der Waals surface area contributed by atoms with Gasteiger partial charge in [-0.15, -0.1) is 0 Å². The minimum absolute atomic E-state index is 0.201. The van der Waals surface area contributed by atoms with E-state index in [0.717, 1.165) is 0 Å². The lowest BCUT2D eigenvalue weighted by molar-refractivity contribution is 0.0957. The van der Waals surface area contributed by atoms with Gasteiger partial charge >= 0.3 is 0 Å². The van der Waals surface area contributed by atoms with Crippen LogP contribution in [0.1, 0.15) is 10.4 Å². The second-order valence-corrected chi connectivity index (χ2v) is 5.56. The molecule has 0 unspecified atom stereocenters. The highest BCUT2D eigenvalue weighted by molar-refractivity contribution is 7.99. The molecule has 0 fully saturated rings. The molecule has 8 heteroatoms. The molecule has 0 aliphatic heterocycles. The van der Waals surface area contributed by atoms with Gasteiger partial charge in [-0.1, -0.05) is 30.0 Å². The van der Waals surface area contributed by atoms with Crippen molar-refractivity contribution in [3.8, 4) is 0 Å². The van der Waals surface area contributed by atoms with E-state index in [1.807, 2.05) is 0 Å². The average molecular weight is 315 g/mol. The topological polar surface area (TPSA) is 104 Å². The maximum atomic E-state index is 12.3. The molecule has 112 valence electrons. The Labute approximate surface area is 129 Å². The van der Waals surface area contributed by atoms with Crippen molar-refractivity contribution in [3.63, 3.8) is 0 Å². The molecule has 3 rings (SSSR count). The number of pyridine rings is 1. The number of hydrogen-bond donors (Lipinski definition) is 3. The molecule has 2 heterocycles. The lowest BCUT2D eigenvalue weighted by Gasteiger charge is -2.07. The van der Waals surface area contributed by atoms with Gasteiger partial charge in [0.1, 0.15) is 6.33 Å². The maximum Gasteiger partial charge on any atom is 0.255 e. The summed E-state index contributed by atoms with van der Waals surface area (Å²) in [5, 5.41) is 11.2. The Hall–Kier alpha value is -2.61. The highest BCUT2D eigenvalue weighted by Crippen LogP contribution is 2.14. The van der Waals surface area contributed by atoms with E-state index in [9.17, 15) is 9.59 Å². The van der Waals surface area contributed by atoms with E-state index in [2.05, 4.69) is 25.5 Å². The van der Waals surface area contributed by atoms with E-state index in [0.29, 0.717) is 33.8 Å². The largest absolute Gasteiger partial charge is 0.351 e. The lowest BCUT2D eigenvalue weighted by Crippen LogP contribution is -2.27. The lowest BCUT2D eigenvalue weighted by atomic mass is 10.1. The molecule has 0 radical (unpaired) electrons. The van der Waals surface area contributed by atoms with Crippen LogP contribution in [0, 0.1) is 0 Å². The van der Waals surface area contributed by atoms with Crippen molar-refractivity contribution in [3.05, 3.63) is 52.7 Å². The number of rotatable bonds is 5. The van der Waals surface area contributed by atoms with Gasteiger partial charge in [-0.3, -0.25) is 14.7 Å². The molecule has 1 aromatic carbocycles. The van der Waals surface area contributed by atoms with Crippen molar-refractivity contribution >= 4 is 28.4 Å². The second kappa shape index (κ2) is 6.44. The average Bonchev–Trinajstić information content (AvgIpc) is 3.05. The van der Waals surface area contributed by atoms with E-state index in [4.69, 9.17) is 0 Å². The van der Waals surface area contributed by atoms with E-state index in [1.165, 1.54) is 24.3 Å². The van der Waals surface area contributed by atoms with Crippen molar-refractivity contribution in [2.24, 2.45) is 0 Å². The minimum atomic E-state index is -0.217. The predicted molar refractivity (Wildman–Crippen MR) is 84.0 cm³/mol. The van der Waals surface area contributed by atoms with E-state index < -0.39 is 0 Å². The standard InChI is InChI=1S/C14H13N5O2S/c20-12-10-4-2-1-3-9(10)11(7-16-12)13(21)15-5-6-22-14-17-8-18-19-14/h1-4,7-8H,5-6H2,(H,15,21)(H,16,20)(H,17,18,19). The molecule has 2 aromatic heterocycles. The first-order valence-electron chi connectivity index (χ1n) is 6.62. The Morgan fingerprint density at radius 2 is 2.09 bits per heavy atom. The summed E-state index contributed by atoms with van der Waals surface area (Å²) in [6, 6.07) is 7.04. The first kappa shape index (κ1) is 14.3. The quantitative estimate of drug-likeness (QED) is 0.484. The number of benzene rings is 1. The molecule has 3 aromatic rings. The highest BCUT2D eigenvalue weighted by Gasteiger charge is 2.11. The molecule has 1 amide bonds. The van der Waals surface area contributed by atoms with Gasteiger partial charge < -0.3 is 10.3 Å². The fourth-order valence-electron chi connectivity index (χ4n) is 2.07. The number of fused-ring (bicyclic) bond motifs is 1. The number of amides is 1. The van der Waals surface area contributed by atoms with Crippen LogP contribution in [0.4, 0.5) is 0 Å². The van der Waals surface area contributed by atoms with Crippen LogP contribution in [-0.2, 0) is 0 Å². The van der Waals surface area contributed by atoms with Crippen molar-refractivity contribution in [2.75, 3.05) is 12.3 Å². The van der Waals surface area contributed by atoms with Crippen LogP contribution in [0.2, 0.25) is 0 Å². The summed E-state index contributed by atoms with van der Waals surface area (Å²) in [6.45, 7) is 0.484. The number of H-pyrrole nitrogens is 2. The number of carbonyl (C=O) groups is 1. The van der Waals surface area contributed by atoms with Crippen LogP contribution in [0.3, 0.4) is 0 Å². The fourth-order valence-corrected chi connectivity index (χ4v) is 2.70. The Balaban J connectivity index is 1.67. The molecule has 0 aliphatic rings. The zero-order chi connectivity index (χ0) is 15.4. The number of carbonyl (C=O) groups excluding carboxylic acids is 1. The number of hydrogen-bond acceptors (Lipinski definition) is 5. The molecule has 0 saturated heterocycles. The van der Waals surface area contributed by atoms with Crippen molar-refractivity contribution in [1.82, 2.24) is 25.5 Å². The molecule has 0 bridgehead atoms. The summed E-state index contributed by atoms with van der Waals surface area (Å²) >= 11 is 1.47. The first-order valence-corrected chi connectivity index (χ1v) is 7.61. The van der Waals surface area contributed by atoms with Crippen LogP contribution >= 0.6 is 11.8 Å². The van der Waals surface area contributed by atoms with Gasteiger partial charge in [-0.25, -0.2) is 4.98 Å².